The molecule has 2 fully saturated rings. The molecule has 1 heterocycles. The van der Waals surface area contributed by atoms with Crippen molar-refractivity contribution in [3.63, 3.8) is 0 Å². The zero-order valence-electron chi connectivity index (χ0n) is 28.4. The first kappa shape index (κ1) is 35.2. The number of alkyl carbamates (subject to hydrolysis) is 1. The van der Waals surface area contributed by atoms with Gasteiger partial charge in [-0.3, -0.25) is 19.7 Å². The van der Waals surface area contributed by atoms with E-state index in [1.807, 2.05) is 60.7 Å². The van der Waals surface area contributed by atoms with Gasteiger partial charge in [-0.1, -0.05) is 72.8 Å². The van der Waals surface area contributed by atoms with Gasteiger partial charge in [0.2, 0.25) is 5.91 Å². The quantitative estimate of drug-likeness (QED) is 0.127. The maximum atomic E-state index is 14.2. The van der Waals surface area contributed by atoms with Gasteiger partial charge in [-0.25, -0.2) is 4.79 Å². The normalized spacial score (nSPS) is 21.8. The number of ether oxygens (including phenoxy) is 4. The first-order chi connectivity index (χ1) is 23.3. The highest BCUT2D eigenvalue weighted by atomic mass is 16.6. The Hall–Kier alpha value is -5.16. The minimum Gasteiger partial charge on any atom is -0.497 e. The third kappa shape index (κ3) is 9.05. The molecule has 1 aliphatic carbocycles. The van der Waals surface area contributed by atoms with E-state index >= 15 is 0 Å². The van der Waals surface area contributed by atoms with E-state index in [1.165, 1.54) is 0 Å². The highest BCUT2D eigenvalue weighted by Gasteiger charge is 2.68. The van der Waals surface area contributed by atoms with Gasteiger partial charge in [0.15, 0.2) is 5.78 Å². The van der Waals surface area contributed by atoms with Crippen molar-refractivity contribution in [3.05, 3.63) is 114 Å². The maximum absolute atomic E-state index is 14.2. The molecule has 11 nitrogen and oxygen atoms in total. The van der Waals surface area contributed by atoms with Gasteiger partial charge < -0.3 is 29.6 Å². The summed E-state index contributed by atoms with van der Waals surface area (Å²) in [5.41, 5.74) is -0.827. The van der Waals surface area contributed by atoms with Gasteiger partial charge in [0, 0.05) is 12.3 Å². The molecule has 11 heteroatoms. The summed E-state index contributed by atoms with van der Waals surface area (Å²) in [6.45, 7) is 7.20. The second-order valence-electron chi connectivity index (χ2n) is 13.5. The van der Waals surface area contributed by atoms with Gasteiger partial charge >= 0.3 is 6.09 Å². The summed E-state index contributed by atoms with van der Waals surface area (Å²) < 4.78 is 21.8. The van der Waals surface area contributed by atoms with Crippen LogP contribution in [-0.2, 0) is 41.6 Å². The number of rotatable bonds is 14. The molecular weight excluding hydrogens is 626 g/mol. The van der Waals surface area contributed by atoms with E-state index in [2.05, 4.69) is 16.0 Å². The number of hydrogen-bond acceptors (Lipinski definition) is 8. The predicted octanol–water partition coefficient (Wildman–Crippen LogP) is 4.71. The molecule has 258 valence electrons. The number of hydrogen-bond donors (Lipinski definition) is 3. The van der Waals surface area contributed by atoms with Gasteiger partial charge in [0.1, 0.15) is 47.1 Å². The van der Waals surface area contributed by atoms with Crippen LogP contribution in [-0.4, -0.2) is 60.2 Å². The topological polar surface area (TPSA) is 145 Å². The van der Waals surface area contributed by atoms with E-state index in [0.717, 1.165) is 23.0 Å². The first-order valence-electron chi connectivity index (χ1n) is 16.2. The minimum absolute atomic E-state index is 0.0696. The van der Waals surface area contributed by atoms with Crippen LogP contribution in [0.3, 0.4) is 0 Å². The molecule has 2 aliphatic rings. The van der Waals surface area contributed by atoms with Crippen molar-refractivity contribution in [2.45, 2.75) is 75.8 Å². The van der Waals surface area contributed by atoms with Gasteiger partial charge in [-0.15, -0.1) is 0 Å². The third-order valence-corrected chi connectivity index (χ3v) is 8.37. The summed E-state index contributed by atoms with van der Waals surface area (Å²) in [5.74, 6) is -1.21. The van der Waals surface area contributed by atoms with E-state index in [9.17, 15) is 19.2 Å². The Morgan fingerprint density at radius 3 is 2.16 bits per heavy atom. The number of epoxide rings is 1. The van der Waals surface area contributed by atoms with Crippen LogP contribution in [0, 0.1) is 0 Å². The van der Waals surface area contributed by atoms with Gasteiger partial charge in [0.05, 0.1) is 13.7 Å². The lowest BCUT2D eigenvalue weighted by molar-refractivity contribution is -0.133. The van der Waals surface area contributed by atoms with Crippen LogP contribution in [0.4, 0.5) is 4.79 Å². The molecule has 2 unspecified atom stereocenters. The summed E-state index contributed by atoms with van der Waals surface area (Å²) in [6, 6.07) is 24.7. The molecule has 3 amide bonds. The fraction of sp³-hybridized carbons (Fsp3) is 0.368. The summed E-state index contributed by atoms with van der Waals surface area (Å²) in [5, 5.41) is 8.24. The van der Waals surface area contributed by atoms with Crippen molar-refractivity contribution in [1.29, 1.82) is 0 Å². The molecule has 3 N–H and O–H groups in total. The van der Waals surface area contributed by atoms with Crippen LogP contribution in [0.15, 0.2) is 96.9 Å². The van der Waals surface area contributed by atoms with E-state index in [-0.39, 0.29) is 37.0 Å². The summed E-state index contributed by atoms with van der Waals surface area (Å²) >= 11 is 0. The van der Waals surface area contributed by atoms with Crippen molar-refractivity contribution in [3.8, 4) is 5.75 Å². The molecule has 0 radical (unpaired) electrons. The standard InChI is InChI=1S/C38H43N3O8/c1-36(2,3)49-35(45)40-31(23-47-22-26-12-8-6-9-13-26)32(42)39-30(20-25-16-18-28(46-5)19-17-25)33(43)41-38(34(44)37(4)24-48-37)21-29(38)27-14-10-7-11-15-27/h6-19,23,29-30H,20-22,24H2,1-5H3,(H,39,42)(H,40,45)(H,41,43)/b31-23+/t29?,30-,37+,38?/m0/s1. The Kier molecular flexibility index (Phi) is 10.4. The smallest absolute Gasteiger partial charge is 0.412 e. The van der Waals surface area contributed by atoms with Crippen molar-refractivity contribution < 1.29 is 38.1 Å². The second kappa shape index (κ2) is 14.5. The lowest BCUT2D eigenvalue weighted by Gasteiger charge is -2.26. The lowest BCUT2D eigenvalue weighted by atomic mass is 9.93. The van der Waals surface area contributed by atoms with Crippen molar-refractivity contribution in [2.75, 3.05) is 13.7 Å². The Bertz CT molecular complexity index is 1680. The fourth-order valence-corrected chi connectivity index (χ4v) is 5.61. The molecule has 0 spiro atoms. The largest absolute Gasteiger partial charge is 0.497 e. The molecule has 3 aromatic carbocycles. The van der Waals surface area contributed by atoms with Gasteiger partial charge in [-0.05, 0) is 62.9 Å². The van der Waals surface area contributed by atoms with Gasteiger partial charge in [0.25, 0.3) is 5.91 Å². The minimum atomic E-state index is -1.21. The number of carbonyl (C=O) groups excluding carboxylic acids is 4. The SMILES string of the molecule is COc1ccc(C[C@H](NC(=O)/C(=C\OCc2ccccc2)NC(=O)OC(C)(C)C)C(=O)NC2(C(=O)[C@@]3(C)CO3)CC2c2ccccc2)cc1. The van der Waals surface area contributed by atoms with Gasteiger partial charge in [-0.2, -0.15) is 0 Å². The van der Waals surface area contributed by atoms with Crippen LogP contribution in [0.5, 0.6) is 5.75 Å². The molecule has 1 aliphatic heterocycles. The van der Waals surface area contributed by atoms with Crippen LogP contribution < -0.4 is 20.7 Å². The summed E-state index contributed by atoms with van der Waals surface area (Å²) in [7, 11) is 1.55. The van der Waals surface area contributed by atoms with E-state index < -0.39 is 40.7 Å². The Morgan fingerprint density at radius 2 is 1.57 bits per heavy atom. The molecule has 49 heavy (non-hydrogen) atoms. The van der Waals surface area contributed by atoms with Crippen LogP contribution in [0.1, 0.15) is 56.7 Å². The predicted molar refractivity (Wildman–Crippen MR) is 181 cm³/mol. The van der Waals surface area contributed by atoms with E-state index in [1.54, 1.807) is 59.1 Å². The van der Waals surface area contributed by atoms with Crippen LogP contribution in [0.2, 0.25) is 0 Å². The number of amides is 3. The number of methoxy groups -OCH3 is 1. The molecule has 3 aromatic rings. The number of benzene rings is 3. The maximum Gasteiger partial charge on any atom is 0.412 e. The molecule has 0 bridgehead atoms. The molecule has 1 saturated heterocycles. The Morgan fingerprint density at radius 1 is 0.939 bits per heavy atom. The van der Waals surface area contributed by atoms with E-state index in [0.29, 0.717) is 12.2 Å². The monoisotopic (exact) mass is 669 g/mol. The second-order valence-corrected chi connectivity index (χ2v) is 13.5. The lowest BCUT2D eigenvalue weighted by Crippen LogP contribution is -2.57. The van der Waals surface area contributed by atoms with E-state index in [4.69, 9.17) is 18.9 Å². The number of carbonyl (C=O) groups is 4. The summed E-state index contributed by atoms with van der Waals surface area (Å²) in [6.07, 6.45) is 0.707. The summed E-state index contributed by atoms with van der Waals surface area (Å²) in [4.78, 5) is 54.7. The molecular formula is C38H43N3O8. The van der Waals surface area contributed by atoms with Crippen LogP contribution in [0.25, 0.3) is 0 Å². The number of ketones is 1. The molecule has 1 saturated carbocycles. The average molecular weight is 670 g/mol. The highest BCUT2D eigenvalue weighted by Crippen LogP contribution is 2.55. The van der Waals surface area contributed by atoms with Crippen molar-refractivity contribution in [2.24, 2.45) is 0 Å². The fourth-order valence-electron chi connectivity index (χ4n) is 5.61. The number of nitrogens with one attached hydrogen (secondary N) is 3. The van der Waals surface area contributed by atoms with Crippen molar-refractivity contribution >= 4 is 23.7 Å². The molecule has 0 aromatic heterocycles. The zero-order valence-corrected chi connectivity index (χ0v) is 28.4. The Labute approximate surface area is 286 Å². The molecule has 5 rings (SSSR count). The average Bonchev–Trinajstić information content (AvgIpc) is 4.00. The number of Topliss-reactive ketones (excluding diaryl/α,β-unsaturated/α-hetero) is 1. The van der Waals surface area contributed by atoms with Crippen molar-refractivity contribution in [1.82, 2.24) is 16.0 Å². The highest BCUT2D eigenvalue weighted by molar-refractivity contribution is 6.05. The first-order valence-corrected chi connectivity index (χ1v) is 16.2. The third-order valence-electron chi connectivity index (χ3n) is 8.37. The Balaban J connectivity index is 1.41. The zero-order chi connectivity index (χ0) is 35.2. The van der Waals surface area contributed by atoms with Crippen LogP contribution >= 0.6 is 0 Å². The molecule has 4 atom stereocenters.